The normalized spacial score (nSPS) is 12.4. The lowest BCUT2D eigenvalue weighted by Gasteiger charge is -2.22. The maximum atomic E-state index is 12.7. The lowest BCUT2D eigenvalue weighted by molar-refractivity contribution is -0.0435. The third-order valence-corrected chi connectivity index (χ3v) is 4.80. The zero-order chi connectivity index (χ0) is 16.1. The molecule has 0 aliphatic carbocycles. The molecule has 0 saturated carbocycles. The predicted molar refractivity (Wildman–Crippen MR) is 77.5 cm³/mol. The van der Waals surface area contributed by atoms with Crippen LogP contribution in [0.25, 0.3) is 0 Å². The monoisotopic (exact) mass is 343 g/mol. The van der Waals surface area contributed by atoms with Crippen LogP contribution in [0.1, 0.15) is 19.3 Å². The number of hydrogen-bond acceptors (Lipinski definition) is 3. The zero-order valence-corrected chi connectivity index (χ0v) is 13.1. The van der Waals surface area contributed by atoms with Crippen LogP contribution in [-0.4, -0.2) is 33.4 Å². The lowest BCUT2D eigenvalue weighted by Crippen LogP contribution is -2.27. The molecule has 0 unspecified atom stereocenters. The van der Waals surface area contributed by atoms with Gasteiger partial charge >= 0.3 is 5.51 Å². The molecule has 0 amide bonds. The Morgan fingerprint density at radius 3 is 2.33 bits per heavy atom. The quantitative estimate of drug-likeness (QED) is 0.558. The summed E-state index contributed by atoms with van der Waals surface area (Å²) in [5.74, 6) is 0.531. The van der Waals surface area contributed by atoms with Gasteiger partial charge in [-0.25, -0.2) is 8.42 Å². The Balaban J connectivity index is 3.00. The molecular weight excluding hydrogens is 327 g/mol. The summed E-state index contributed by atoms with van der Waals surface area (Å²) < 4.78 is 61.3. The fraction of sp³-hybridized carbons (Fsp3) is 0.538. The van der Waals surface area contributed by atoms with Crippen molar-refractivity contribution in [3.05, 3.63) is 24.3 Å². The molecule has 3 nitrogen and oxygen atoms in total. The van der Waals surface area contributed by atoms with E-state index in [0.29, 0.717) is 12.4 Å². The minimum Gasteiger partial charge on any atom is -0.374 e. The molecule has 0 radical (unpaired) electrons. The van der Waals surface area contributed by atoms with Crippen LogP contribution in [0.2, 0.25) is 0 Å². The van der Waals surface area contributed by atoms with Gasteiger partial charge in [0.05, 0.1) is 10.6 Å². The number of nitrogens with zero attached hydrogens (tertiary/aromatic N) is 1. The number of halogens is 4. The molecule has 0 atom stereocenters. The van der Waals surface area contributed by atoms with Crippen LogP contribution in [0.4, 0.5) is 18.9 Å². The Hall–Kier alpha value is -0.950. The predicted octanol–water partition coefficient (Wildman–Crippen LogP) is 3.83. The molecule has 0 saturated heterocycles. The van der Waals surface area contributed by atoms with Gasteiger partial charge in [0.15, 0.2) is 0 Å². The van der Waals surface area contributed by atoms with E-state index in [-0.39, 0.29) is 5.69 Å². The van der Waals surface area contributed by atoms with Crippen molar-refractivity contribution in [1.82, 2.24) is 0 Å². The number of sulfone groups is 1. The first-order valence-corrected chi connectivity index (χ1v) is 8.41. The second-order valence-corrected chi connectivity index (χ2v) is 6.88. The SMILES string of the molecule is CN(CCCCCCl)c1ccccc1S(=O)(=O)C(F)(F)F. The van der Waals surface area contributed by atoms with Crippen molar-refractivity contribution in [1.29, 1.82) is 0 Å². The van der Waals surface area contributed by atoms with Gasteiger partial charge in [-0.2, -0.15) is 13.2 Å². The second-order valence-electron chi connectivity index (χ2n) is 4.59. The number of alkyl halides is 4. The Labute approximate surface area is 127 Å². The topological polar surface area (TPSA) is 37.4 Å². The van der Waals surface area contributed by atoms with E-state index in [1.165, 1.54) is 23.1 Å². The average molecular weight is 344 g/mol. The van der Waals surface area contributed by atoms with Crippen molar-refractivity contribution in [2.45, 2.75) is 29.7 Å². The maximum Gasteiger partial charge on any atom is 0.501 e. The van der Waals surface area contributed by atoms with Gasteiger partial charge in [-0.15, -0.1) is 11.6 Å². The van der Waals surface area contributed by atoms with Gasteiger partial charge in [0.1, 0.15) is 0 Å². The second kappa shape index (κ2) is 7.35. The minimum atomic E-state index is -5.35. The van der Waals surface area contributed by atoms with E-state index in [1.54, 1.807) is 7.05 Å². The number of unbranched alkanes of at least 4 members (excludes halogenated alkanes) is 2. The molecule has 120 valence electrons. The summed E-state index contributed by atoms with van der Waals surface area (Å²) in [6, 6.07) is 5.15. The average Bonchev–Trinajstić information content (AvgIpc) is 2.42. The van der Waals surface area contributed by atoms with E-state index in [9.17, 15) is 21.6 Å². The van der Waals surface area contributed by atoms with Crippen molar-refractivity contribution in [2.24, 2.45) is 0 Å². The largest absolute Gasteiger partial charge is 0.501 e. The maximum absolute atomic E-state index is 12.7. The molecule has 0 aromatic heterocycles. The third kappa shape index (κ3) is 4.51. The van der Waals surface area contributed by atoms with Crippen LogP contribution in [0.3, 0.4) is 0 Å². The first-order chi connectivity index (χ1) is 9.71. The van der Waals surface area contributed by atoms with Gasteiger partial charge in [0.25, 0.3) is 9.84 Å². The van der Waals surface area contributed by atoms with Gasteiger partial charge < -0.3 is 4.90 Å². The summed E-state index contributed by atoms with van der Waals surface area (Å²) in [4.78, 5) is 0.810. The highest BCUT2D eigenvalue weighted by Gasteiger charge is 2.48. The van der Waals surface area contributed by atoms with E-state index in [1.807, 2.05) is 0 Å². The van der Waals surface area contributed by atoms with Gasteiger partial charge in [-0.3, -0.25) is 0 Å². The molecule has 0 fully saturated rings. The zero-order valence-electron chi connectivity index (χ0n) is 11.5. The molecule has 8 heteroatoms. The highest BCUT2D eigenvalue weighted by atomic mass is 35.5. The van der Waals surface area contributed by atoms with Crippen molar-refractivity contribution in [3.63, 3.8) is 0 Å². The summed E-state index contributed by atoms with van der Waals surface area (Å²) in [7, 11) is -3.78. The number of rotatable bonds is 7. The molecule has 0 bridgehead atoms. The summed E-state index contributed by atoms with van der Waals surface area (Å²) in [6.45, 7) is 0.460. The smallest absolute Gasteiger partial charge is 0.374 e. The van der Waals surface area contributed by atoms with Crippen molar-refractivity contribution in [3.8, 4) is 0 Å². The van der Waals surface area contributed by atoms with Gasteiger partial charge in [0, 0.05) is 19.5 Å². The molecule has 0 aliphatic heterocycles. The highest BCUT2D eigenvalue weighted by Crippen LogP contribution is 2.35. The fourth-order valence-electron chi connectivity index (χ4n) is 1.87. The van der Waals surface area contributed by atoms with Gasteiger partial charge in [0.2, 0.25) is 0 Å². The van der Waals surface area contributed by atoms with Gasteiger partial charge in [-0.1, -0.05) is 18.6 Å². The summed E-state index contributed by atoms with van der Waals surface area (Å²) in [6.07, 6.45) is 2.38. The van der Waals surface area contributed by atoms with Crippen LogP contribution < -0.4 is 4.90 Å². The Morgan fingerprint density at radius 1 is 1.14 bits per heavy atom. The van der Waals surface area contributed by atoms with E-state index in [4.69, 9.17) is 11.6 Å². The van der Waals surface area contributed by atoms with E-state index < -0.39 is 20.2 Å². The molecule has 0 aliphatic rings. The molecule has 0 spiro atoms. The number of anilines is 1. The Morgan fingerprint density at radius 2 is 1.76 bits per heavy atom. The first-order valence-electron chi connectivity index (χ1n) is 6.39. The summed E-state index contributed by atoms with van der Waals surface area (Å²) >= 11 is 5.55. The van der Waals surface area contributed by atoms with Crippen LogP contribution in [0.5, 0.6) is 0 Å². The van der Waals surface area contributed by atoms with Crippen LogP contribution in [0, 0.1) is 0 Å². The molecule has 0 heterocycles. The Bertz CT molecular complexity index is 561. The van der Waals surface area contributed by atoms with Gasteiger partial charge in [-0.05, 0) is 25.0 Å². The van der Waals surface area contributed by atoms with Crippen molar-refractivity contribution in [2.75, 3.05) is 24.4 Å². The van der Waals surface area contributed by atoms with Crippen LogP contribution >= 0.6 is 11.6 Å². The van der Waals surface area contributed by atoms with E-state index >= 15 is 0 Å². The molecule has 1 rings (SSSR count). The molecule has 0 N–H and O–H groups in total. The molecular formula is C13H17ClF3NO2S. The number of benzene rings is 1. The minimum absolute atomic E-state index is 0.0562. The lowest BCUT2D eigenvalue weighted by atomic mass is 10.2. The van der Waals surface area contributed by atoms with Crippen molar-refractivity contribution < 1.29 is 21.6 Å². The fourth-order valence-corrected chi connectivity index (χ4v) is 3.06. The highest BCUT2D eigenvalue weighted by molar-refractivity contribution is 7.92. The van der Waals surface area contributed by atoms with E-state index in [0.717, 1.165) is 25.3 Å². The first kappa shape index (κ1) is 18.1. The van der Waals surface area contributed by atoms with Crippen LogP contribution in [0.15, 0.2) is 29.2 Å². The molecule has 1 aromatic carbocycles. The van der Waals surface area contributed by atoms with E-state index in [2.05, 4.69) is 0 Å². The van der Waals surface area contributed by atoms with Crippen LogP contribution in [-0.2, 0) is 9.84 Å². The number of hydrogen-bond donors (Lipinski definition) is 0. The third-order valence-electron chi connectivity index (χ3n) is 3.00. The molecule has 21 heavy (non-hydrogen) atoms. The molecule has 1 aromatic rings. The van der Waals surface area contributed by atoms with Crippen molar-refractivity contribution >= 4 is 27.1 Å². The summed E-state index contributed by atoms with van der Waals surface area (Å²) in [5, 5.41) is 0. The Kier molecular flexibility index (Phi) is 6.34. The summed E-state index contributed by atoms with van der Waals surface area (Å²) in [5.41, 5.74) is -5.25. The number of para-hydroxylation sites is 1. The standard InChI is InChI=1S/C13H17ClF3NO2S/c1-18(10-6-2-5-9-14)11-7-3-4-8-12(11)21(19,20)13(15,16)17/h3-4,7-8H,2,5-6,9-10H2,1H3.